The second kappa shape index (κ2) is 8.14. The maximum atomic E-state index is 14.1. The molecule has 0 unspecified atom stereocenters. The van der Waals surface area contributed by atoms with Crippen LogP contribution in [0.2, 0.25) is 0 Å². The fourth-order valence-electron chi connectivity index (χ4n) is 2.53. The van der Waals surface area contributed by atoms with E-state index in [1.807, 2.05) is 11.5 Å². The number of hydrogen-bond acceptors (Lipinski definition) is 5. The van der Waals surface area contributed by atoms with Crippen molar-refractivity contribution >= 4 is 17.5 Å². The van der Waals surface area contributed by atoms with E-state index in [4.69, 9.17) is 4.74 Å². The molecular formula is C19H18FN3O2S. The first kappa shape index (κ1) is 18.1. The van der Waals surface area contributed by atoms with Gasteiger partial charge in [0.05, 0.1) is 18.4 Å². The Morgan fingerprint density at radius 3 is 2.73 bits per heavy atom. The summed E-state index contributed by atoms with van der Waals surface area (Å²) < 4.78 is 21.0. The van der Waals surface area contributed by atoms with Gasteiger partial charge in [-0.15, -0.1) is 10.2 Å². The van der Waals surface area contributed by atoms with Crippen molar-refractivity contribution in [2.24, 2.45) is 0 Å². The normalized spacial score (nSPS) is 10.7. The summed E-state index contributed by atoms with van der Waals surface area (Å²) in [5.41, 5.74) is 0.974. The molecule has 0 bridgehead atoms. The van der Waals surface area contributed by atoms with E-state index in [0.717, 1.165) is 0 Å². The molecule has 0 atom stereocenters. The third-order valence-electron chi connectivity index (χ3n) is 3.87. The van der Waals surface area contributed by atoms with Crippen LogP contribution >= 0.6 is 11.8 Å². The van der Waals surface area contributed by atoms with Crippen LogP contribution in [-0.4, -0.2) is 33.4 Å². The van der Waals surface area contributed by atoms with Crippen LogP contribution < -0.4 is 4.74 Å². The Balaban J connectivity index is 1.78. The van der Waals surface area contributed by atoms with E-state index >= 15 is 0 Å². The van der Waals surface area contributed by atoms with Gasteiger partial charge in [0.1, 0.15) is 11.6 Å². The number of carbonyl (C=O) groups is 1. The highest BCUT2D eigenvalue weighted by Crippen LogP contribution is 2.26. The average molecular weight is 371 g/mol. The summed E-state index contributed by atoms with van der Waals surface area (Å²) >= 11 is 1.29. The van der Waals surface area contributed by atoms with Gasteiger partial charge in [0, 0.05) is 12.1 Å². The van der Waals surface area contributed by atoms with Gasteiger partial charge in [-0.3, -0.25) is 4.79 Å². The molecule has 0 N–H and O–H groups in total. The molecule has 26 heavy (non-hydrogen) atoms. The lowest BCUT2D eigenvalue weighted by atomic mass is 10.1. The van der Waals surface area contributed by atoms with E-state index in [1.54, 1.807) is 49.6 Å². The fraction of sp³-hybridized carbons (Fsp3) is 0.211. The average Bonchev–Trinajstić information content (AvgIpc) is 3.09. The third kappa shape index (κ3) is 3.77. The molecule has 0 saturated carbocycles. The standard InChI is InChI=1S/C19H18FN3O2S/c1-3-23-18(15-9-4-5-10-16(15)20)21-22-19(23)26-12-17(24)13-7-6-8-14(11-13)25-2/h4-11H,3,12H2,1-2H3. The number of methoxy groups -OCH3 is 1. The van der Waals surface area contributed by atoms with Gasteiger partial charge in [0.15, 0.2) is 16.8 Å². The van der Waals surface area contributed by atoms with Gasteiger partial charge in [-0.2, -0.15) is 0 Å². The van der Waals surface area contributed by atoms with Crippen LogP contribution in [0.4, 0.5) is 4.39 Å². The van der Waals surface area contributed by atoms with Crippen molar-refractivity contribution in [2.75, 3.05) is 12.9 Å². The number of ether oxygens (including phenoxy) is 1. The first-order chi connectivity index (χ1) is 12.6. The van der Waals surface area contributed by atoms with Crippen molar-refractivity contribution in [3.63, 3.8) is 0 Å². The quantitative estimate of drug-likeness (QED) is 0.462. The van der Waals surface area contributed by atoms with Crippen molar-refractivity contribution < 1.29 is 13.9 Å². The van der Waals surface area contributed by atoms with Gasteiger partial charge < -0.3 is 9.30 Å². The van der Waals surface area contributed by atoms with Crippen molar-refractivity contribution in [1.82, 2.24) is 14.8 Å². The first-order valence-electron chi connectivity index (χ1n) is 8.12. The third-order valence-corrected chi connectivity index (χ3v) is 4.84. The highest BCUT2D eigenvalue weighted by Gasteiger charge is 2.17. The molecule has 3 aromatic rings. The number of Topliss-reactive ketones (excluding diaryl/α,β-unsaturated/α-hetero) is 1. The number of carbonyl (C=O) groups excluding carboxylic acids is 1. The Bertz CT molecular complexity index is 927. The van der Waals surface area contributed by atoms with Crippen LogP contribution in [0, 0.1) is 5.82 Å². The monoisotopic (exact) mass is 371 g/mol. The lowest BCUT2D eigenvalue weighted by Gasteiger charge is -2.08. The van der Waals surface area contributed by atoms with Crippen molar-refractivity contribution in [3.8, 4) is 17.1 Å². The molecule has 1 heterocycles. The van der Waals surface area contributed by atoms with Gasteiger partial charge in [-0.05, 0) is 31.2 Å². The van der Waals surface area contributed by atoms with Gasteiger partial charge in [-0.1, -0.05) is 36.0 Å². The van der Waals surface area contributed by atoms with Crippen LogP contribution in [0.15, 0.2) is 53.7 Å². The van der Waals surface area contributed by atoms with Crippen LogP contribution in [0.5, 0.6) is 5.75 Å². The number of hydrogen-bond donors (Lipinski definition) is 0. The summed E-state index contributed by atoms with van der Waals surface area (Å²) in [5.74, 6) is 0.926. The minimum atomic E-state index is -0.349. The summed E-state index contributed by atoms with van der Waals surface area (Å²) in [6.45, 7) is 2.51. The number of thioether (sulfide) groups is 1. The van der Waals surface area contributed by atoms with Crippen LogP contribution in [0.1, 0.15) is 17.3 Å². The lowest BCUT2D eigenvalue weighted by molar-refractivity contribution is 0.102. The summed E-state index contributed by atoms with van der Waals surface area (Å²) in [6.07, 6.45) is 0. The zero-order valence-electron chi connectivity index (χ0n) is 14.5. The summed E-state index contributed by atoms with van der Waals surface area (Å²) in [4.78, 5) is 12.4. The number of ketones is 1. The van der Waals surface area contributed by atoms with Crippen LogP contribution in [-0.2, 0) is 6.54 Å². The van der Waals surface area contributed by atoms with E-state index in [9.17, 15) is 9.18 Å². The van der Waals surface area contributed by atoms with Crippen molar-refractivity contribution in [3.05, 3.63) is 59.9 Å². The number of nitrogens with zero attached hydrogens (tertiary/aromatic N) is 3. The molecule has 0 radical (unpaired) electrons. The number of aromatic nitrogens is 3. The molecule has 5 nitrogen and oxygen atoms in total. The maximum Gasteiger partial charge on any atom is 0.191 e. The largest absolute Gasteiger partial charge is 0.497 e. The van der Waals surface area contributed by atoms with E-state index in [1.165, 1.54) is 17.8 Å². The van der Waals surface area contributed by atoms with Gasteiger partial charge in [-0.25, -0.2) is 4.39 Å². The Labute approximate surface area is 155 Å². The van der Waals surface area contributed by atoms with Gasteiger partial charge in [0.2, 0.25) is 0 Å². The number of halogens is 1. The Morgan fingerprint density at radius 2 is 2.00 bits per heavy atom. The summed E-state index contributed by atoms with van der Waals surface area (Å²) in [7, 11) is 1.56. The highest BCUT2D eigenvalue weighted by molar-refractivity contribution is 7.99. The summed E-state index contributed by atoms with van der Waals surface area (Å²) in [5, 5.41) is 8.84. The predicted octanol–water partition coefficient (Wildman–Crippen LogP) is 4.09. The van der Waals surface area contributed by atoms with E-state index in [2.05, 4.69) is 10.2 Å². The predicted molar refractivity (Wildman–Crippen MR) is 99.1 cm³/mol. The van der Waals surface area contributed by atoms with Crippen molar-refractivity contribution in [2.45, 2.75) is 18.6 Å². The molecule has 0 amide bonds. The molecule has 134 valence electrons. The number of benzene rings is 2. The Morgan fingerprint density at radius 1 is 1.19 bits per heavy atom. The molecule has 1 aromatic heterocycles. The Kier molecular flexibility index (Phi) is 5.68. The second-order valence-electron chi connectivity index (χ2n) is 5.47. The lowest BCUT2D eigenvalue weighted by Crippen LogP contribution is -2.05. The molecule has 0 aliphatic rings. The maximum absolute atomic E-state index is 14.1. The Hall–Kier alpha value is -2.67. The molecule has 2 aromatic carbocycles. The minimum absolute atomic E-state index is 0.0352. The fourth-order valence-corrected chi connectivity index (χ4v) is 3.43. The molecule has 0 aliphatic heterocycles. The molecule has 3 rings (SSSR count). The van der Waals surface area contributed by atoms with E-state index in [0.29, 0.717) is 34.4 Å². The molecule has 0 spiro atoms. The molecule has 0 aliphatic carbocycles. The van der Waals surface area contributed by atoms with Gasteiger partial charge >= 0.3 is 0 Å². The van der Waals surface area contributed by atoms with Crippen LogP contribution in [0.25, 0.3) is 11.4 Å². The topological polar surface area (TPSA) is 57.0 Å². The highest BCUT2D eigenvalue weighted by atomic mass is 32.2. The van der Waals surface area contributed by atoms with E-state index < -0.39 is 0 Å². The SMILES string of the molecule is CCn1c(SCC(=O)c2cccc(OC)c2)nnc1-c1ccccc1F. The number of rotatable bonds is 7. The van der Waals surface area contributed by atoms with Gasteiger partial charge in [0.25, 0.3) is 0 Å². The molecular weight excluding hydrogens is 353 g/mol. The smallest absolute Gasteiger partial charge is 0.191 e. The second-order valence-corrected chi connectivity index (χ2v) is 6.42. The molecule has 0 saturated heterocycles. The van der Waals surface area contributed by atoms with Crippen molar-refractivity contribution in [1.29, 1.82) is 0 Å². The molecule has 7 heteroatoms. The summed E-state index contributed by atoms with van der Waals surface area (Å²) in [6, 6.07) is 13.5. The zero-order valence-corrected chi connectivity index (χ0v) is 15.3. The first-order valence-corrected chi connectivity index (χ1v) is 9.10. The molecule has 0 fully saturated rings. The minimum Gasteiger partial charge on any atom is -0.497 e. The zero-order chi connectivity index (χ0) is 18.5. The van der Waals surface area contributed by atoms with E-state index in [-0.39, 0.29) is 17.4 Å². The van der Waals surface area contributed by atoms with Crippen LogP contribution in [0.3, 0.4) is 0 Å².